The molecule has 19 nitrogen and oxygen atoms in total. The van der Waals surface area contributed by atoms with Gasteiger partial charge in [0, 0.05) is 6.42 Å². The van der Waals surface area contributed by atoms with E-state index in [1.807, 2.05) is 0 Å². The molecule has 0 spiro atoms. The number of aromatic nitrogens is 8. The normalized spacial score (nSPS) is 29.0. The monoisotopic (exact) mass is 693 g/mol. The maximum absolute atomic E-state index is 15.7. The molecule has 7 N–H and O–H groups in total. The van der Waals surface area contributed by atoms with Crippen molar-refractivity contribution in [1.82, 2.24) is 39.0 Å². The molecule has 0 bridgehead atoms. The molecule has 2 saturated heterocycles. The molecule has 4 aromatic heterocycles. The zero-order chi connectivity index (χ0) is 31.3. The van der Waals surface area contributed by atoms with Crippen LogP contribution in [0.1, 0.15) is 18.9 Å². The number of anilines is 2. The van der Waals surface area contributed by atoms with Crippen LogP contribution < -0.4 is 17.0 Å². The van der Waals surface area contributed by atoms with Crippen LogP contribution in [0.15, 0.2) is 23.8 Å². The molecule has 0 amide bonds. The molecule has 3 unspecified atom stereocenters. The summed E-state index contributed by atoms with van der Waals surface area (Å²) in [4.78, 5) is 45.8. The van der Waals surface area contributed by atoms with Crippen molar-refractivity contribution in [3.05, 3.63) is 29.3 Å². The Bertz CT molecular complexity index is 1830. The summed E-state index contributed by atoms with van der Waals surface area (Å²) in [5.74, 6) is -0.104. The van der Waals surface area contributed by atoms with Gasteiger partial charge in [0.1, 0.15) is 36.3 Å². The summed E-state index contributed by atoms with van der Waals surface area (Å²) < 4.78 is 58.3. The van der Waals surface area contributed by atoms with Crippen molar-refractivity contribution in [2.75, 3.05) is 24.7 Å². The number of nitrogens with one attached hydrogen (secondary N) is 1. The lowest BCUT2D eigenvalue weighted by atomic mass is 10.1. The number of imidazole rings is 2. The molecule has 44 heavy (non-hydrogen) atoms. The highest BCUT2D eigenvalue weighted by atomic mass is 32.7. The van der Waals surface area contributed by atoms with Gasteiger partial charge in [-0.2, -0.15) is 4.98 Å². The number of nitrogens with two attached hydrogens (primary N) is 2. The van der Waals surface area contributed by atoms with Gasteiger partial charge in [-0.1, -0.05) is 0 Å². The number of nitrogen functional groups attached to an aromatic ring is 2. The third-order valence-corrected chi connectivity index (χ3v) is 9.18. The molecule has 0 aliphatic carbocycles. The minimum Gasteiger partial charge on any atom is -0.394 e. The van der Waals surface area contributed by atoms with Crippen molar-refractivity contribution < 1.29 is 42.0 Å². The predicted molar refractivity (Wildman–Crippen MR) is 156 cm³/mol. The predicted octanol–water partition coefficient (Wildman–Crippen LogP) is 0.230. The minimum atomic E-state index is -4.14. The fourth-order valence-electron chi connectivity index (χ4n) is 5.01. The Morgan fingerprint density at radius 2 is 1.91 bits per heavy atom. The summed E-state index contributed by atoms with van der Waals surface area (Å²) in [5, 5.41) is 9.73. The summed E-state index contributed by atoms with van der Waals surface area (Å²) in [6.45, 7) is -5.09. The van der Waals surface area contributed by atoms with Crippen LogP contribution in [-0.2, 0) is 39.4 Å². The van der Waals surface area contributed by atoms with Crippen molar-refractivity contribution in [2.45, 2.75) is 49.5 Å². The molecular formula is C20H24FN10O9P2S2+. The van der Waals surface area contributed by atoms with Crippen LogP contribution in [0.5, 0.6) is 0 Å². The second kappa shape index (κ2) is 12.2. The number of fused-ring (bicyclic) bond motifs is 2. The van der Waals surface area contributed by atoms with Crippen molar-refractivity contribution in [3.63, 3.8) is 0 Å². The lowest BCUT2D eigenvalue weighted by Gasteiger charge is -2.25. The average molecular weight is 694 g/mol. The van der Waals surface area contributed by atoms with Crippen LogP contribution in [0.25, 0.3) is 22.3 Å². The van der Waals surface area contributed by atoms with Gasteiger partial charge in [0.25, 0.3) is 5.56 Å². The van der Waals surface area contributed by atoms with Gasteiger partial charge in [-0.05, 0) is 16.4 Å². The Hall–Kier alpha value is -2.75. The Morgan fingerprint density at radius 1 is 1.18 bits per heavy atom. The second-order valence-electron chi connectivity index (χ2n) is 9.65. The highest BCUT2D eigenvalue weighted by Gasteiger charge is 2.52. The van der Waals surface area contributed by atoms with Gasteiger partial charge in [-0.3, -0.25) is 18.9 Å². The van der Waals surface area contributed by atoms with Crippen LogP contribution in [-0.4, -0.2) is 92.8 Å². The number of aliphatic hydroxyl groups excluding tert-OH is 1. The van der Waals surface area contributed by atoms with E-state index in [1.165, 1.54) is 28.1 Å². The molecule has 6 rings (SSSR count). The van der Waals surface area contributed by atoms with Crippen LogP contribution in [0.2, 0.25) is 0 Å². The summed E-state index contributed by atoms with van der Waals surface area (Å²) in [7, 11) is -2.58. The summed E-state index contributed by atoms with van der Waals surface area (Å²) >= 11 is 8.96. The number of ether oxygens (including phenoxy) is 2. The van der Waals surface area contributed by atoms with Crippen molar-refractivity contribution in [3.8, 4) is 0 Å². The van der Waals surface area contributed by atoms with Gasteiger partial charge in [-0.25, -0.2) is 24.3 Å². The van der Waals surface area contributed by atoms with Crippen LogP contribution in [0.4, 0.5) is 16.2 Å². The number of H-pyrrole nitrogens is 1. The van der Waals surface area contributed by atoms with Gasteiger partial charge >= 0.3 is 13.9 Å². The summed E-state index contributed by atoms with van der Waals surface area (Å²) in [6, 6.07) is 0. The maximum Gasteiger partial charge on any atom is 0.582 e. The number of alkyl halides is 1. The van der Waals surface area contributed by atoms with E-state index in [-0.39, 0.29) is 40.5 Å². The van der Waals surface area contributed by atoms with Crippen LogP contribution >= 0.6 is 26.2 Å². The summed E-state index contributed by atoms with van der Waals surface area (Å²) in [5.41, 5.74) is 11.3. The fourth-order valence-corrected chi connectivity index (χ4v) is 7.24. The number of thiol groups is 1. The van der Waals surface area contributed by atoms with E-state index in [0.29, 0.717) is 0 Å². The van der Waals surface area contributed by atoms with Crippen LogP contribution in [0, 0.1) is 0 Å². The van der Waals surface area contributed by atoms with E-state index in [2.05, 4.69) is 42.2 Å². The third-order valence-electron chi connectivity index (χ3n) is 6.88. The minimum absolute atomic E-state index is 0.0317. The molecule has 6 heterocycles. The van der Waals surface area contributed by atoms with E-state index in [4.69, 9.17) is 46.3 Å². The zero-order valence-corrected chi connectivity index (χ0v) is 25.6. The first kappa shape index (κ1) is 31.2. The summed E-state index contributed by atoms with van der Waals surface area (Å²) in [6.07, 6.45) is -5.09. The number of hydrogen-bond donors (Lipinski definition) is 6. The molecule has 0 saturated carbocycles. The molecule has 236 valence electrons. The molecule has 2 aliphatic heterocycles. The number of aliphatic hydroxyl groups is 1. The Morgan fingerprint density at radius 3 is 2.64 bits per heavy atom. The first-order valence-electron chi connectivity index (χ1n) is 12.7. The van der Waals surface area contributed by atoms with E-state index in [0.717, 1.165) is 0 Å². The molecule has 4 aromatic rings. The molecule has 0 aromatic carbocycles. The quantitative estimate of drug-likeness (QED) is 0.0959. The first-order chi connectivity index (χ1) is 21.0. The Labute approximate surface area is 256 Å². The van der Waals surface area contributed by atoms with Crippen molar-refractivity contribution in [1.29, 1.82) is 0 Å². The molecule has 0 radical (unpaired) electrons. The molecular weight excluding hydrogens is 669 g/mol. The molecule has 9 atom stereocenters. The van der Waals surface area contributed by atoms with Gasteiger partial charge in [0.15, 0.2) is 47.4 Å². The molecule has 24 heteroatoms. The number of halogens is 1. The van der Waals surface area contributed by atoms with E-state index in [9.17, 15) is 19.4 Å². The van der Waals surface area contributed by atoms with Crippen molar-refractivity contribution >= 4 is 72.1 Å². The van der Waals surface area contributed by atoms with Gasteiger partial charge in [0.05, 0.1) is 32.0 Å². The maximum atomic E-state index is 15.7. The second-order valence-corrected chi connectivity index (χ2v) is 14.1. The van der Waals surface area contributed by atoms with E-state index >= 15 is 4.39 Å². The molecule has 2 fully saturated rings. The zero-order valence-electron chi connectivity index (χ0n) is 22.1. The number of aromatic amines is 1. The van der Waals surface area contributed by atoms with Crippen molar-refractivity contribution in [2.24, 2.45) is 0 Å². The average Bonchev–Trinajstić information content (AvgIpc) is 3.73. The fraction of sp³-hybridized carbons (Fsp3) is 0.500. The smallest absolute Gasteiger partial charge is 0.394 e. The van der Waals surface area contributed by atoms with E-state index < -0.39 is 75.8 Å². The number of nitrogens with zero attached hydrogens (tertiary/aromatic N) is 7. The third kappa shape index (κ3) is 5.95. The topological polar surface area (TPSA) is 263 Å². The number of hydrogen-bond acceptors (Lipinski definition) is 16. The van der Waals surface area contributed by atoms with E-state index in [1.54, 1.807) is 0 Å². The number of rotatable bonds is 10. The SMILES string of the molecule is Nc1nc2c(ncn2[C@@H]2O[C@H](CO)C[C@@H]2OP(O)(=S)OC[C@H]2O[C@@H](n3cnc4c(N)ncnc43)C(F)[C@@H]2O[P+](=O)S)c(=O)[nH]1. The standard InChI is InChI=1S/C20H23FN10O9P2S2/c21-10-13(39-41(34)43)9(38-19(10)30-5-26-11-14(22)24-4-25-15(11)30)3-36-42(35,44)40-8-1-7(2-32)37-18(8)31-6-27-12-16(31)28-20(23)29-17(12)33/h4-10,13,18-19,32H,1-3H2,(H6-,22,23,24,25,28,29,33,34,35,43,44)/p+1/t7-,8-,9+,10?,13+,18+,19+,42?/m0/s1. The van der Waals surface area contributed by atoms with Crippen LogP contribution in [0.3, 0.4) is 0 Å². The highest BCUT2D eigenvalue weighted by Crippen LogP contribution is 2.51. The lowest BCUT2D eigenvalue weighted by molar-refractivity contribution is -0.0538. The highest BCUT2D eigenvalue weighted by molar-refractivity contribution is 8.39. The Balaban J connectivity index is 1.20. The van der Waals surface area contributed by atoms with Gasteiger partial charge in [-0.15, -0.1) is 4.52 Å². The Kier molecular flexibility index (Phi) is 8.67. The lowest BCUT2D eigenvalue weighted by Crippen LogP contribution is -2.32. The van der Waals surface area contributed by atoms with Gasteiger partial charge in [0.2, 0.25) is 5.95 Å². The largest absolute Gasteiger partial charge is 0.582 e. The first-order valence-corrected chi connectivity index (χ1v) is 17.6. The molecule has 2 aliphatic rings. The van der Waals surface area contributed by atoms with Gasteiger partial charge < -0.3 is 40.0 Å².